The highest BCUT2D eigenvalue weighted by molar-refractivity contribution is 5.90. The number of fused-ring (bicyclic) bond motifs is 1. The van der Waals surface area contributed by atoms with Gasteiger partial charge in [0.05, 0.1) is 5.39 Å². The molecule has 5 heteroatoms. The van der Waals surface area contributed by atoms with E-state index in [1.165, 1.54) is 5.56 Å². The zero-order valence-electron chi connectivity index (χ0n) is 10.2. The van der Waals surface area contributed by atoms with Crippen molar-refractivity contribution in [2.24, 2.45) is 0 Å². The third kappa shape index (κ3) is 1.76. The van der Waals surface area contributed by atoms with E-state index in [1.807, 2.05) is 6.20 Å². The summed E-state index contributed by atoms with van der Waals surface area (Å²) in [7, 11) is 0. The lowest BCUT2D eigenvalue weighted by atomic mass is 10.2. The molecule has 1 aliphatic heterocycles. The van der Waals surface area contributed by atoms with Gasteiger partial charge in [-0.3, -0.25) is 0 Å². The Morgan fingerprint density at radius 3 is 3.12 bits per heavy atom. The zero-order valence-corrected chi connectivity index (χ0v) is 10.2. The molecule has 1 aliphatic rings. The van der Waals surface area contributed by atoms with E-state index in [2.05, 4.69) is 39.0 Å². The molecule has 1 unspecified atom stereocenters. The number of hydrogen-bond donors (Lipinski definition) is 2. The van der Waals surface area contributed by atoms with Crippen LogP contribution in [0.2, 0.25) is 0 Å². The van der Waals surface area contributed by atoms with Gasteiger partial charge in [0, 0.05) is 31.9 Å². The number of aromatic amines is 1. The third-order valence-corrected chi connectivity index (χ3v) is 3.32. The van der Waals surface area contributed by atoms with E-state index in [4.69, 9.17) is 0 Å². The highest BCUT2D eigenvalue weighted by Gasteiger charge is 2.20. The van der Waals surface area contributed by atoms with E-state index in [0.29, 0.717) is 6.04 Å². The Kier molecular flexibility index (Phi) is 2.48. The molecule has 17 heavy (non-hydrogen) atoms. The lowest BCUT2D eigenvalue weighted by molar-refractivity contribution is 0.483. The highest BCUT2D eigenvalue weighted by Crippen LogP contribution is 2.26. The van der Waals surface area contributed by atoms with Crippen molar-refractivity contribution in [3.63, 3.8) is 0 Å². The Hall–Kier alpha value is -1.62. The fraction of sp³-hybridized carbons (Fsp3) is 0.500. The fourth-order valence-corrected chi connectivity index (χ4v) is 2.46. The van der Waals surface area contributed by atoms with Crippen LogP contribution >= 0.6 is 0 Å². The Bertz CT molecular complexity index is 533. The average Bonchev–Trinajstić information content (AvgIpc) is 2.71. The first-order chi connectivity index (χ1) is 8.25. The monoisotopic (exact) mass is 231 g/mol. The molecule has 2 N–H and O–H groups in total. The molecule has 0 aliphatic carbocycles. The van der Waals surface area contributed by atoms with Crippen LogP contribution in [0.25, 0.3) is 11.0 Å². The SMILES string of the molecule is Cc1c[nH]c2ncnc(N3CCNC(C)C3)c12. The van der Waals surface area contributed by atoms with Gasteiger partial charge in [-0.25, -0.2) is 9.97 Å². The van der Waals surface area contributed by atoms with Gasteiger partial charge < -0.3 is 15.2 Å². The maximum absolute atomic E-state index is 4.47. The van der Waals surface area contributed by atoms with Gasteiger partial charge in [0.25, 0.3) is 0 Å². The number of anilines is 1. The van der Waals surface area contributed by atoms with Gasteiger partial charge in [0.15, 0.2) is 0 Å². The molecule has 3 heterocycles. The molecule has 1 atom stereocenters. The molecule has 90 valence electrons. The third-order valence-electron chi connectivity index (χ3n) is 3.32. The van der Waals surface area contributed by atoms with Crippen molar-refractivity contribution in [1.82, 2.24) is 20.3 Å². The lowest BCUT2D eigenvalue weighted by Gasteiger charge is -2.33. The molecule has 3 rings (SSSR count). The minimum Gasteiger partial charge on any atom is -0.353 e. The molecule has 0 spiro atoms. The van der Waals surface area contributed by atoms with Crippen LogP contribution in [-0.4, -0.2) is 40.6 Å². The van der Waals surface area contributed by atoms with Gasteiger partial charge in [-0.2, -0.15) is 0 Å². The molecule has 0 aromatic carbocycles. The molecule has 5 nitrogen and oxygen atoms in total. The van der Waals surface area contributed by atoms with Crippen molar-refractivity contribution >= 4 is 16.9 Å². The van der Waals surface area contributed by atoms with Crippen molar-refractivity contribution < 1.29 is 0 Å². The van der Waals surface area contributed by atoms with Crippen molar-refractivity contribution in [1.29, 1.82) is 0 Å². The summed E-state index contributed by atoms with van der Waals surface area (Å²) >= 11 is 0. The second kappa shape index (κ2) is 4.00. The van der Waals surface area contributed by atoms with Crippen LogP contribution in [0.15, 0.2) is 12.5 Å². The van der Waals surface area contributed by atoms with Gasteiger partial charge >= 0.3 is 0 Å². The van der Waals surface area contributed by atoms with Crippen LogP contribution in [0.3, 0.4) is 0 Å². The topological polar surface area (TPSA) is 56.8 Å². The summed E-state index contributed by atoms with van der Waals surface area (Å²) in [5.41, 5.74) is 2.14. The molecule has 0 amide bonds. The summed E-state index contributed by atoms with van der Waals surface area (Å²) < 4.78 is 0. The molecule has 2 aromatic heterocycles. The number of hydrogen-bond acceptors (Lipinski definition) is 4. The number of aryl methyl sites for hydroxylation is 1. The average molecular weight is 231 g/mol. The van der Waals surface area contributed by atoms with Gasteiger partial charge in [0.1, 0.15) is 17.8 Å². The number of H-pyrrole nitrogens is 1. The first kappa shape index (κ1) is 10.5. The van der Waals surface area contributed by atoms with E-state index in [-0.39, 0.29) is 0 Å². The van der Waals surface area contributed by atoms with Gasteiger partial charge in [-0.15, -0.1) is 0 Å². The van der Waals surface area contributed by atoms with Crippen LogP contribution in [-0.2, 0) is 0 Å². The minimum absolute atomic E-state index is 0.507. The lowest BCUT2D eigenvalue weighted by Crippen LogP contribution is -2.49. The molecular formula is C12H17N5. The van der Waals surface area contributed by atoms with Gasteiger partial charge in [-0.1, -0.05) is 0 Å². The standard InChI is InChI=1S/C12H17N5/c1-8-5-14-11-10(8)12(16-7-15-11)17-4-3-13-9(2)6-17/h5,7,9,13H,3-4,6H2,1-2H3,(H,14,15,16). The van der Waals surface area contributed by atoms with Crippen molar-refractivity contribution in [2.75, 3.05) is 24.5 Å². The van der Waals surface area contributed by atoms with Crippen LogP contribution in [0.1, 0.15) is 12.5 Å². The van der Waals surface area contributed by atoms with Crippen LogP contribution in [0, 0.1) is 6.92 Å². The maximum atomic E-state index is 4.47. The number of aromatic nitrogens is 3. The summed E-state index contributed by atoms with van der Waals surface area (Å²) in [4.78, 5) is 14.3. The summed E-state index contributed by atoms with van der Waals surface area (Å²) in [5.74, 6) is 1.06. The second-order valence-corrected chi connectivity index (χ2v) is 4.69. The Morgan fingerprint density at radius 2 is 2.29 bits per heavy atom. The second-order valence-electron chi connectivity index (χ2n) is 4.69. The Morgan fingerprint density at radius 1 is 1.41 bits per heavy atom. The molecule has 1 saturated heterocycles. The van der Waals surface area contributed by atoms with E-state index in [1.54, 1.807) is 6.33 Å². The normalized spacial score (nSPS) is 21.1. The Balaban J connectivity index is 2.07. The minimum atomic E-state index is 0.507. The van der Waals surface area contributed by atoms with Crippen molar-refractivity contribution in [3.8, 4) is 0 Å². The summed E-state index contributed by atoms with van der Waals surface area (Å²) in [6.45, 7) is 7.31. The van der Waals surface area contributed by atoms with E-state index in [0.717, 1.165) is 36.5 Å². The fourth-order valence-electron chi connectivity index (χ4n) is 2.46. The van der Waals surface area contributed by atoms with Crippen LogP contribution < -0.4 is 10.2 Å². The molecule has 2 aromatic rings. The number of rotatable bonds is 1. The smallest absolute Gasteiger partial charge is 0.143 e. The van der Waals surface area contributed by atoms with Gasteiger partial charge in [0.2, 0.25) is 0 Å². The summed E-state index contributed by atoms with van der Waals surface area (Å²) in [5, 5.41) is 4.60. The number of nitrogens with one attached hydrogen (secondary N) is 2. The van der Waals surface area contributed by atoms with Crippen molar-refractivity contribution in [2.45, 2.75) is 19.9 Å². The number of nitrogens with zero attached hydrogens (tertiary/aromatic N) is 3. The number of piperazine rings is 1. The Labute approximate surface area is 100 Å². The molecule has 0 radical (unpaired) electrons. The molecule has 1 fully saturated rings. The first-order valence-corrected chi connectivity index (χ1v) is 6.02. The predicted molar refractivity (Wildman–Crippen MR) is 68.3 cm³/mol. The molecular weight excluding hydrogens is 214 g/mol. The summed E-state index contributed by atoms with van der Waals surface area (Å²) in [6, 6.07) is 0.507. The van der Waals surface area contributed by atoms with Crippen molar-refractivity contribution in [3.05, 3.63) is 18.1 Å². The highest BCUT2D eigenvalue weighted by atomic mass is 15.2. The molecule has 0 bridgehead atoms. The zero-order chi connectivity index (χ0) is 11.8. The quantitative estimate of drug-likeness (QED) is 0.770. The van der Waals surface area contributed by atoms with Crippen LogP contribution in [0.5, 0.6) is 0 Å². The van der Waals surface area contributed by atoms with E-state index in [9.17, 15) is 0 Å². The van der Waals surface area contributed by atoms with E-state index < -0.39 is 0 Å². The largest absolute Gasteiger partial charge is 0.353 e. The maximum Gasteiger partial charge on any atom is 0.143 e. The molecule has 0 saturated carbocycles. The predicted octanol–water partition coefficient (Wildman–Crippen LogP) is 1.06. The first-order valence-electron chi connectivity index (χ1n) is 6.02. The van der Waals surface area contributed by atoms with Crippen LogP contribution in [0.4, 0.5) is 5.82 Å². The van der Waals surface area contributed by atoms with E-state index >= 15 is 0 Å². The van der Waals surface area contributed by atoms with Gasteiger partial charge in [-0.05, 0) is 19.4 Å². The summed E-state index contributed by atoms with van der Waals surface area (Å²) in [6.07, 6.45) is 3.63.